The Bertz CT molecular complexity index is 422. The lowest BCUT2D eigenvalue weighted by atomic mass is 10.1. The number of carbonyl (C=O) groups excluding carboxylic acids is 1. The fourth-order valence-corrected chi connectivity index (χ4v) is 2.20. The minimum Gasteiger partial charge on any atom is -0.396 e. The maximum absolute atomic E-state index is 12.1. The average Bonchev–Trinajstić information content (AvgIpc) is 2.82. The predicted octanol–water partition coefficient (Wildman–Crippen LogP) is 0.368. The van der Waals surface area contributed by atoms with E-state index < -0.39 is 0 Å². The Morgan fingerprint density at radius 3 is 3.05 bits per heavy atom. The van der Waals surface area contributed by atoms with Gasteiger partial charge in [-0.25, -0.2) is 0 Å². The van der Waals surface area contributed by atoms with Crippen LogP contribution in [0.2, 0.25) is 0 Å². The van der Waals surface area contributed by atoms with Crippen molar-refractivity contribution in [3.8, 4) is 0 Å². The van der Waals surface area contributed by atoms with E-state index in [2.05, 4.69) is 20.8 Å². The molecule has 2 heterocycles. The van der Waals surface area contributed by atoms with Gasteiger partial charge in [0.15, 0.2) is 5.69 Å². The largest absolute Gasteiger partial charge is 0.396 e. The summed E-state index contributed by atoms with van der Waals surface area (Å²) in [5.41, 5.74) is 2.50. The molecule has 0 saturated carbocycles. The van der Waals surface area contributed by atoms with Gasteiger partial charge in [-0.05, 0) is 12.8 Å². The molecule has 1 aromatic rings. The second kappa shape index (κ2) is 7.47. The van der Waals surface area contributed by atoms with Crippen LogP contribution < -0.4 is 10.6 Å². The lowest BCUT2D eigenvalue weighted by molar-refractivity contribution is 0.0923. The molecule has 0 saturated heterocycles. The summed E-state index contributed by atoms with van der Waals surface area (Å²) in [6, 6.07) is 0.00593. The topological polar surface area (TPSA) is 90.0 Å². The van der Waals surface area contributed by atoms with E-state index in [9.17, 15) is 4.79 Å². The van der Waals surface area contributed by atoms with Crippen LogP contribution in [0.15, 0.2) is 0 Å². The highest BCUT2D eigenvalue weighted by Gasteiger charge is 2.22. The Morgan fingerprint density at radius 2 is 2.37 bits per heavy atom. The highest BCUT2D eigenvalue weighted by atomic mass is 35.5. The lowest BCUT2D eigenvalue weighted by Crippen LogP contribution is -2.36. The van der Waals surface area contributed by atoms with Crippen molar-refractivity contribution in [2.24, 2.45) is 0 Å². The molecule has 0 fully saturated rings. The zero-order chi connectivity index (χ0) is 13.0. The van der Waals surface area contributed by atoms with Crippen molar-refractivity contribution in [2.75, 3.05) is 13.2 Å². The number of halogens is 1. The molecule has 2 rings (SSSR count). The highest BCUT2D eigenvalue weighted by molar-refractivity contribution is 5.94. The number of aliphatic hydroxyl groups excluding tert-OH is 1. The maximum atomic E-state index is 12.1. The smallest absolute Gasteiger partial charge is 0.272 e. The van der Waals surface area contributed by atoms with E-state index in [1.165, 1.54) is 0 Å². The summed E-state index contributed by atoms with van der Waals surface area (Å²) in [5, 5.41) is 22.1. The van der Waals surface area contributed by atoms with Gasteiger partial charge in [-0.15, -0.1) is 12.4 Å². The van der Waals surface area contributed by atoms with Crippen molar-refractivity contribution in [1.29, 1.82) is 0 Å². The van der Waals surface area contributed by atoms with Crippen molar-refractivity contribution in [3.05, 3.63) is 17.0 Å². The standard InChI is InChI=1S/C12H20N4O2.ClH/c1-2-8(4-6-17)14-12(18)11-9-7-13-5-3-10(9)15-16-11;/h8,13,17H,2-7H2,1H3,(H,14,18)(H,15,16);1H. The number of nitrogens with zero attached hydrogens (tertiary/aromatic N) is 1. The van der Waals surface area contributed by atoms with Crippen molar-refractivity contribution in [3.63, 3.8) is 0 Å². The predicted molar refractivity (Wildman–Crippen MR) is 74.5 cm³/mol. The molecular formula is C12H21ClN4O2. The third-order valence-corrected chi connectivity index (χ3v) is 3.33. The van der Waals surface area contributed by atoms with Crippen LogP contribution in [-0.2, 0) is 13.0 Å². The van der Waals surface area contributed by atoms with E-state index in [0.29, 0.717) is 18.7 Å². The van der Waals surface area contributed by atoms with E-state index in [4.69, 9.17) is 5.11 Å². The molecule has 0 radical (unpaired) electrons. The number of rotatable bonds is 5. The molecule has 1 aromatic heterocycles. The van der Waals surface area contributed by atoms with E-state index in [1.54, 1.807) is 0 Å². The van der Waals surface area contributed by atoms with Gasteiger partial charge >= 0.3 is 0 Å². The fourth-order valence-electron chi connectivity index (χ4n) is 2.20. The lowest BCUT2D eigenvalue weighted by Gasteiger charge is -2.16. The van der Waals surface area contributed by atoms with E-state index in [0.717, 1.165) is 30.6 Å². The number of aromatic amines is 1. The van der Waals surface area contributed by atoms with Gasteiger partial charge in [0.1, 0.15) is 0 Å². The fraction of sp³-hybridized carbons (Fsp3) is 0.667. The molecule has 1 aliphatic rings. The number of H-pyrrole nitrogens is 1. The summed E-state index contributed by atoms with van der Waals surface area (Å²) in [7, 11) is 0. The van der Waals surface area contributed by atoms with Gasteiger partial charge in [0.2, 0.25) is 0 Å². The van der Waals surface area contributed by atoms with E-state index in [-0.39, 0.29) is 31.0 Å². The van der Waals surface area contributed by atoms with Crippen LogP contribution in [-0.4, -0.2) is 40.4 Å². The molecular weight excluding hydrogens is 268 g/mol. The summed E-state index contributed by atoms with van der Waals surface area (Å²) in [4.78, 5) is 12.1. The minimum atomic E-state index is -0.156. The number of aliphatic hydroxyl groups is 1. The number of aromatic nitrogens is 2. The molecule has 0 spiro atoms. The van der Waals surface area contributed by atoms with Crippen LogP contribution in [0, 0.1) is 0 Å². The third kappa shape index (κ3) is 3.68. The first-order valence-electron chi connectivity index (χ1n) is 6.44. The molecule has 4 N–H and O–H groups in total. The normalized spacial score (nSPS) is 15.3. The Balaban J connectivity index is 0.00000180. The summed E-state index contributed by atoms with van der Waals surface area (Å²) < 4.78 is 0. The Morgan fingerprint density at radius 1 is 1.58 bits per heavy atom. The molecule has 1 atom stereocenters. The van der Waals surface area contributed by atoms with Crippen molar-refractivity contribution < 1.29 is 9.90 Å². The van der Waals surface area contributed by atoms with Crippen LogP contribution >= 0.6 is 12.4 Å². The number of amides is 1. The van der Waals surface area contributed by atoms with Crippen LogP contribution in [0.4, 0.5) is 0 Å². The first-order chi connectivity index (χ1) is 8.76. The summed E-state index contributed by atoms with van der Waals surface area (Å²) in [6.45, 7) is 3.67. The third-order valence-electron chi connectivity index (χ3n) is 3.33. The SMILES string of the molecule is CCC(CCO)NC(=O)c1n[nH]c2c1CNCC2.Cl. The van der Waals surface area contributed by atoms with Crippen LogP contribution in [0.25, 0.3) is 0 Å². The minimum absolute atomic E-state index is 0. The van der Waals surface area contributed by atoms with E-state index in [1.807, 2.05) is 6.92 Å². The Kier molecular flexibility index (Phi) is 6.27. The molecule has 19 heavy (non-hydrogen) atoms. The number of nitrogens with one attached hydrogen (secondary N) is 3. The van der Waals surface area contributed by atoms with Crippen LogP contribution in [0.1, 0.15) is 41.5 Å². The first kappa shape index (κ1) is 15.9. The van der Waals surface area contributed by atoms with Gasteiger partial charge in [0.25, 0.3) is 5.91 Å². The zero-order valence-electron chi connectivity index (χ0n) is 11.0. The summed E-state index contributed by atoms with van der Waals surface area (Å²) in [6.07, 6.45) is 2.26. The van der Waals surface area contributed by atoms with Gasteiger partial charge in [-0.1, -0.05) is 6.92 Å². The van der Waals surface area contributed by atoms with Gasteiger partial charge in [0, 0.05) is 43.4 Å². The van der Waals surface area contributed by atoms with Crippen molar-refractivity contribution in [1.82, 2.24) is 20.8 Å². The zero-order valence-corrected chi connectivity index (χ0v) is 11.8. The van der Waals surface area contributed by atoms with Gasteiger partial charge < -0.3 is 15.7 Å². The van der Waals surface area contributed by atoms with Crippen molar-refractivity contribution >= 4 is 18.3 Å². The monoisotopic (exact) mass is 288 g/mol. The Labute approximate surface area is 118 Å². The van der Waals surface area contributed by atoms with Gasteiger partial charge in [-0.3, -0.25) is 9.89 Å². The molecule has 1 unspecified atom stereocenters. The van der Waals surface area contributed by atoms with Crippen LogP contribution in [0.5, 0.6) is 0 Å². The van der Waals surface area contributed by atoms with E-state index >= 15 is 0 Å². The summed E-state index contributed by atoms with van der Waals surface area (Å²) >= 11 is 0. The number of carbonyl (C=O) groups is 1. The van der Waals surface area contributed by atoms with Gasteiger partial charge in [0.05, 0.1) is 0 Å². The Hall–Kier alpha value is -1.11. The highest BCUT2D eigenvalue weighted by Crippen LogP contribution is 2.15. The molecule has 0 aliphatic carbocycles. The molecule has 1 amide bonds. The first-order valence-corrected chi connectivity index (χ1v) is 6.44. The second-order valence-electron chi connectivity index (χ2n) is 4.55. The number of hydrogen-bond acceptors (Lipinski definition) is 4. The van der Waals surface area contributed by atoms with Crippen LogP contribution in [0.3, 0.4) is 0 Å². The number of hydrogen-bond donors (Lipinski definition) is 4. The molecule has 0 bridgehead atoms. The quantitative estimate of drug-likeness (QED) is 0.630. The molecule has 1 aliphatic heterocycles. The molecule has 0 aromatic carbocycles. The summed E-state index contributed by atoms with van der Waals surface area (Å²) in [5.74, 6) is -0.156. The molecule has 7 heteroatoms. The maximum Gasteiger partial charge on any atom is 0.272 e. The average molecular weight is 289 g/mol. The number of fused-ring (bicyclic) bond motifs is 1. The van der Waals surface area contributed by atoms with Gasteiger partial charge in [-0.2, -0.15) is 5.10 Å². The molecule has 108 valence electrons. The van der Waals surface area contributed by atoms with Crippen molar-refractivity contribution in [2.45, 2.75) is 38.8 Å². The molecule has 6 nitrogen and oxygen atoms in total. The second-order valence-corrected chi connectivity index (χ2v) is 4.55.